The highest BCUT2D eigenvalue weighted by Gasteiger charge is 2.15. The molecule has 3 rings (SSSR count). The van der Waals surface area contributed by atoms with Crippen molar-refractivity contribution in [1.82, 2.24) is 20.4 Å². The smallest absolute Gasteiger partial charge is 0.316 e. The molecule has 2 heterocycles. The number of hydrogen-bond donors (Lipinski definition) is 1. The summed E-state index contributed by atoms with van der Waals surface area (Å²) in [6.07, 6.45) is 3.96. The third-order valence-corrected chi connectivity index (χ3v) is 3.47. The first-order valence-corrected chi connectivity index (χ1v) is 8.00. The van der Waals surface area contributed by atoms with Crippen molar-refractivity contribution in [3.05, 3.63) is 60.2 Å². The van der Waals surface area contributed by atoms with Crippen molar-refractivity contribution in [1.29, 1.82) is 0 Å². The molecular formula is C18H18N4O3. The van der Waals surface area contributed by atoms with Crippen LogP contribution in [0.1, 0.15) is 23.2 Å². The van der Waals surface area contributed by atoms with E-state index in [1.807, 2.05) is 31.2 Å². The molecule has 1 N–H and O–H groups in total. The van der Waals surface area contributed by atoms with E-state index in [-0.39, 0.29) is 5.89 Å². The van der Waals surface area contributed by atoms with Crippen LogP contribution >= 0.6 is 0 Å². The highest BCUT2D eigenvalue weighted by atomic mass is 16.5. The molecule has 1 aromatic carbocycles. The molecule has 7 nitrogen and oxygen atoms in total. The molecule has 0 atom stereocenters. The van der Waals surface area contributed by atoms with Gasteiger partial charge in [-0.3, -0.25) is 9.78 Å². The summed E-state index contributed by atoms with van der Waals surface area (Å²) in [7, 11) is 0. The van der Waals surface area contributed by atoms with Gasteiger partial charge in [0.1, 0.15) is 5.75 Å². The minimum absolute atomic E-state index is 0.0643. The Morgan fingerprint density at radius 1 is 1.24 bits per heavy atom. The molecule has 0 bridgehead atoms. The summed E-state index contributed by atoms with van der Waals surface area (Å²) < 4.78 is 10.4. The summed E-state index contributed by atoms with van der Waals surface area (Å²) in [5.74, 6) is 0.716. The topological polar surface area (TPSA) is 90.1 Å². The van der Waals surface area contributed by atoms with Crippen molar-refractivity contribution < 1.29 is 14.1 Å². The number of nitrogens with one attached hydrogen (secondary N) is 1. The van der Waals surface area contributed by atoms with Gasteiger partial charge in [-0.1, -0.05) is 17.3 Å². The summed E-state index contributed by atoms with van der Waals surface area (Å²) in [5.41, 5.74) is 1.80. The van der Waals surface area contributed by atoms with Gasteiger partial charge in [-0.15, -0.1) is 0 Å². The molecule has 0 aliphatic heterocycles. The number of nitrogens with zero attached hydrogens (tertiary/aromatic N) is 3. The number of aromatic nitrogens is 3. The number of rotatable bonds is 7. The number of carbonyl (C=O) groups is 1. The van der Waals surface area contributed by atoms with Crippen LogP contribution in [0.25, 0.3) is 11.4 Å². The van der Waals surface area contributed by atoms with Gasteiger partial charge in [0.05, 0.1) is 6.61 Å². The van der Waals surface area contributed by atoms with Crippen LogP contribution in [0.4, 0.5) is 0 Å². The summed E-state index contributed by atoms with van der Waals surface area (Å²) in [6, 6.07) is 11.3. The highest BCUT2D eigenvalue weighted by Crippen LogP contribution is 2.14. The van der Waals surface area contributed by atoms with E-state index < -0.39 is 5.91 Å². The Morgan fingerprint density at radius 2 is 2.08 bits per heavy atom. The lowest BCUT2D eigenvalue weighted by molar-refractivity contribution is 0.0910. The second kappa shape index (κ2) is 8.05. The molecular weight excluding hydrogens is 320 g/mol. The highest BCUT2D eigenvalue weighted by molar-refractivity contribution is 5.89. The number of amides is 1. The van der Waals surface area contributed by atoms with Crippen molar-refractivity contribution in [2.45, 2.75) is 13.3 Å². The van der Waals surface area contributed by atoms with E-state index in [2.05, 4.69) is 20.4 Å². The molecule has 0 saturated heterocycles. The van der Waals surface area contributed by atoms with Crippen molar-refractivity contribution in [3.8, 4) is 17.1 Å². The van der Waals surface area contributed by atoms with Gasteiger partial charge in [0.15, 0.2) is 0 Å². The molecule has 0 fully saturated rings. The van der Waals surface area contributed by atoms with E-state index in [9.17, 15) is 4.79 Å². The Kier molecular flexibility index (Phi) is 5.36. The lowest BCUT2D eigenvalue weighted by Crippen LogP contribution is -2.26. The average Bonchev–Trinajstić information content (AvgIpc) is 3.14. The van der Waals surface area contributed by atoms with Crippen molar-refractivity contribution in [3.63, 3.8) is 0 Å². The van der Waals surface area contributed by atoms with Crippen molar-refractivity contribution in [2.75, 3.05) is 13.2 Å². The molecule has 0 aliphatic rings. The van der Waals surface area contributed by atoms with Crippen molar-refractivity contribution >= 4 is 5.91 Å². The lowest BCUT2D eigenvalue weighted by Gasteiger charge is -2.05. The maximum atomic E-state index is 12.1. The van der Waals surface area contributed by atoms with Crippen LogP contribution in [-0.4, -0.2) is 34.2 Å². The number of pyridine rings is 1. The molecule has 0 unspecified atom stereocenters. The molecule has 0 radical (unpaired) electrons. The van der Waals surface area contributed by atoms with Gasteiger partial charge in [0.2, 0.25) is 5.82 Å². The van der Waals surface area contributed by atoms with Gasteiger partial charge >= 0.3 is 11.8 Å². The Morgan fingerprint density at radius 3 is 2.80 bits per heavy atom. The first-order valence-electron chi connectivity index (χ1n) is 8.00. The van der Waals surface area contributed by atoms with Gasteiger partial charge in [-0.05, 0) is 43.2 Å². The monoisotopic (exact) mass is 338 g/mol. The molecule has 0 spiro atoms. The summed E-state index contributed by atoms with van der Waals surface area (Å²) >= 11 is 0. The first kappa shape index (κ1) is 16.6. The Bertz CT molecular complexity index is 816. The Labute approximate surface area is 145 Å². The van der Waals surface area contributed by atoms with E-state index in [0.717, 1.165) is 11.3 Å². The maximum Gasteiger partial charge on any atom is 0.316 e. The normalized spacial score (nSPS) is 10.4. The summed E-state index contributed by atoms with van der Waals surface area (Å²) in [5, 5.41) is 6.57. The third kappa shape index (κ3) is 4.41. The Balaban J connectivity index is 1.52. The largest absolute Gasteiger partial charge is 0.494 e. The summed E-state index contributed by atoms with van der Waals surface area (Å²) in [6.45, 7) is 3.05. The van der Waals surface area contributed by atoms with Crippen LogP contribution in [-0.2, 0) is 6.42 Å². The zero-order chi connectivity index (χ0) is 17.5. The summed E-state index contributed by atoms with van der Waals surface area (Å²) in [4.78, 5) is 20.2. The van der Waals surface area contributed by atoms with Gasteiger partial charge in [-0.25, -0.2) is 0 Å². The second-order valence-corrected chi connectivity index (χ2v) is 5.25. The number of hydrogen-bond acceptors (Lipinski definition) is 6. The van der Waals surface area contributed by atoms with Crippen LogP contribution in [0.15, 0.2) is 53.3 Å². The van der Waals surface area contributed by atoms with Gasteiger partial charge < -0.3 is 14.6 Å². The van der Waals surface area contributed by atoms with Gasteiger partial charge in [0.25, 0.3) is 0 Å². The molecule has 1 amide bonds. The predicted molar refractivity (Wildman–Crippen MR) is 91.2 cm³/mol. The molecule has 3 aromatic rings. The average molecular weight is 338 g/mol. The molecule has 128 valence electrons. The number of benzene rings is 1. The second-order valence-electron chi connectivity index (χ2n) is 5.25. The predicted octanol–water partition coefficient (Wildman–Crippen LogP) is 2.50. The molecule has 25 heavy (non-hydrogen) atoms. The first-order chi connectivity index (χ1) is 12.3. The van der Waals surface area contributed by atoms with E-state index in [0.29, 0.717) is 31.0 Å². The van der Waals surface area contributed by atoms with Gasteiger partial charge in [0, 0.05) is 24.5 Å². The van der Waals surface area contributed by atoms with Gasteiger partial charge in [-0.2, -0.15) is 4.98 Å². The minimum atomic E-state index is -0.395. The third-order valence-electron chi connectivity index (χ3n) is 3.47. The molecule has 0 aliphatic carbocycles. The van der Waals surface area contributed by atoms with Crippen LogP contribution < -0.4 is 10.1 Å². The standard InChI is InChI=1S/C18H18N4O3/c1-2-24-15-7-5-13(6-8-15)9-11-20-17(23)18-21-16(22-25-18)14-4-3-10-19-12-14/h3-8,10,12H,2,9,11H2,1H3,(H,20,23). The van der Waals surface area contributed by atoms with Crippen LogP contribution in [0.3, 0.4) is 0 Å². The Hall–Kier alpha value is -3.22. The SMILES string of the molecule is CCOc1ccc(CCNC(=O)c2nc(-c3cccnc3)no2)cc1. The van der Waals surface area contributed by atoms with Crippen molar-refractivity contribution in [2.24, 2.45) is 0 Å². The fourth-order valence-corrected chi connectivity index (χ4v) is 2.24. The van der Waals surface area contributed by atoms with E-state index >= 15 is 0 Å². The molecule has 2 aromatic heterocycles. The molecule has 7 heteroatoms. The fraction of sp³-hybridized carbons (Fsp3) is 0.222. The zero-order valence-electron chi connectivity index (χ0n) is 13.8. The van der Waals surface area contributed by atoms with E-state index in [4.69, 9.17) is 9.26 Å². The van der Waals surface area contributed by atoms with Crippen LogP contribution in [0, 0.1) is 0 Å². The van der Waals surface area contributed by atoms with E-state index in [1.54, 1.807) is 24.5 Å². The number of ether oxygens (including phenoxy) is 1. The molecule has 0 saturated carbocycles. The zero-order valence-corrected chi connectivity index (χ0v) is 13.8. The number of carbonyl (C=O) groups excluding carboxylic acids is 1. The minimum Gasteiger partial charge on any atom is -0.494 e. The van der Waals surface area contributed by atoms with E-state index in [1.165, 1.54) is 0 Å². The van der Waals surface area contributed by atoms with Crippen LogP contribution in [0.5, 0.6) is 5.75 Å². The lowest BCUT2D eigenvalue weighted by atomic mass is 10.1. The quantitative estimate of drug-likeness (QED) is 0.712. The fourth-order valence-electron chi connectivity index (χ4n) is 2.24. The van der Waals surface area contributed by atoms with Crippen LogP contribution in [0.2, 0.25) is 0 Å². The maximum absolute atomic E-state index is 12.1.